The fraction of sp³-hybridized carbons (Fsp3) is 0.833. The standard InChI is InChI=1S/C3H5N.C3H6O3/c1-2-3-4;1-2-4-6-5-3-1/h2H2,1H3;1-3H2. The molecule has 4 nitrogen and oxygen atoms in total. The lowest BCUT2D eigenvalue weighted by molar-refractivity contribution is -0.532. The van der Waals surface area contributed by atoms with E-state index in [9.17, 15) is 0 Å². The molecule has 0 aromatic rings. The van der Waals surface area contributed by atoms with Gasteiger partial charge >= 0.3 is 0 Å². The van der Waals surface area contributed by atoms with Gasteiger partial charge in [0.25, 0.3) is 0 Å². The van der Waals surface area contributed by atoms with Crippen molar-refractivity contribution in [2.24, 2.45) is 0 Å². The average Bonchev–Trinajstić information content (AvgIpc) is 2.08. The summed E-state index contributed by atoms with van der Waals surface area (Å²) in [6.07, 6.45) is 1.56. The van der Waals surface area contributed by atoms with E-state index < -0.39 is 0 Å². The van der Waals surface area contributed by atoms with Crippen LogP contribution in [0.5, 0.6) is 0 Å². The Balaban J connectivity index is 0.000000180. The first-order valence-electron chi connectivity index (χ1n) is 3.19. The Morgan fingerprint density at radius 3 is 2.00 bits per heavy atom. The van der Waals surface area contributed by atoms with Gasteiger partial charge in [0.05, 0.1) is 19.3 Å². The number of hydrogen-bond acceptors (Lipinski definition) is 4. The lowest BCUT2D eigenvalue weighted by atomic mass is 10.5. The summed E-state index contributed by atoms with van der Waals surface area (Å²) in [6.45, 7) is 3.12. The number of nitrogens with zero attached hydrogens (tertiary/aromatic N) is 1. The first-order chi connectivity index (χ1) is 4.91. The molecule has 0 aromatic carbocycles. The van der Waals surface area contributed by atoms with Gasteiger partial charge in [-0.1, -0.05) is 12.0 Å². The molecule has 0 N–H and O–H groups in total. The molecule has 1 saturated heterocycles. The SMILES string of the molecule is C1COOOC1.CCC#N. The van der Waals surface area contributed by atoms with Gasteiger partial charge in [-0.15, -0.1) is 0 Å². The van der Waals surface area contributed by atoms with E-state index in [1.54, 1.807) is 0 Å². The van der Waals surface area contributed by atoms with Crippen LogP contribution < -0.4 is 0 Å². The summed E-state index contributed by atoms with van der Waals surface area (Å²) in [6, 6.07) is 1.93. The fourth-order valence-electron chi connectivity index (χ4n) is 0.279. The van der Waals surface area contributed by atoms with Gasteiger partial charge in [-0.05, 0) is 0 Å². The molecule has 0 atom stereocenters. The molecule has 0 unspecified atom stereocenters. The van der Waals surface area contributed by atoms with Crippen molar-refractivity contribution in [1.82, 2.24) is 0 Å². The van der Waals surface area contributed by atoms with Gasteiger partial charge in [-0.2, -0.15) is 5.26 Å². The second kappa shape index (κ2) is 8.37. The summed E-state index contributed by atoms with van der Waals surface area (Å²) in [7, 11) is 0. The molecule has 0 radical (unpaired) electrons. The minimum Gasteiger partial charge on any atom is -0.206 e. The minimum atomic E-state index is 0.625. The molecule has 0 aliphatic carbocycles. The summed E-state index contributed by atoms with van der Waals surface area (Å²) in [5.74, 6) is 0. The van der Waals surface area contributed by atoms with Gasteiger partial charge in [-0.3, -0.25) is 0 Å². The van der Waals surface area contributed by atoms with Crippen molar-refractivity contribution in [3.63, 3.8) is 0 Å². The molecule has 10 heavy (non-hydrogen) atoms. The minimum absolute atomic E-state index is 0.625. The molecule has 1 aliphatic rings. The molecule has 0 spiro atoms. The van der Waals surface area contributed by atoms with Crippen LogP contribution in [0.3, 0.4) is 0 Å². The van der Waals surface area contributed by atoms with Crippen molar-refractivity contribution in [1.29, 1.82) is 5.26 Å². The van der Waals surface area contributed by atoms with Crippen LogP contribution in [0.25, 0.3) is 0 Å². The van der Waals surface area contributed by atoms with Crippen LogP contribution >= 0.6 is 0 Å². The molecule has 1 heterocycles. The van der Waals surface area contributed by atoms with E-state index in [4.69, 9.17) is 5.26 Å². The second-order valence-electron chi connectivity index (χ2n) is 1.58. The van der Waals surface area contributed by atoms with Crippen molar-refractivity contribution < 1.29 is 14.8 Å². The predicted molar refractivity (Wildman–Crippen MR) is 33.5 cm³/mol. The van der Waals surface area contributed by atoms with Crippen LogP contribution in [-0.2, 0) is 14.8 Å². The van der Waals surface area contributed by atoms with E-state index in [-0.39, 0.29) is 0 Å². The highest BCUT2D eigenvalue weighted by molar-refractivity contribution is 4.61. The highest BCUT2D eigenvalue weighted by Gasteiger charge is 1.96. The molecule has 1 aliphatic heterocycles. The largest absolute Gasteiger partial charge is 0.206 e. The quantitative estimate of drug-likeness (QED) is 0.480. The molecule has 4 heteroatoms. The lowest BCUT2D eigenvalue weighted by Gasteiger charge is -2.06. The highest BCUT2D eigenvalue weighted by Crippen LogP contribution is 1.93. The molecular formula is C6H11NO3. The van der Waals surface area contributed by atoms with Crippen LogP contribution in [0.2, 0.25) is 0 Å². The van der Waals surface area contributed by atoms with E-state index in [0.717, 1.165) is 6.42 Å². The maximum atomic E-state index is 7.62. The molecule has 0 saturated carbocycles. The Hall–Kier alpha value is -0.630. The van der Waals surface area contributed by atoms with E-state index >= 15 is 0 Å². The van der Waals surface area contributed by atoms with Crippen molar-refractivity contribution in [2.45, 2.75) is 19.8 Å². The predicted octanol–water partition coefficient (Wildman–Crippen LogP) is 1.19. The van der Waals surface area contributed by atoms with E-state index in [2.05, 4.69) is 14.8 Å². The van der Waals surface area contributed by atoms with Gasteiger partial charge in [0, 0.05) is 12.8 Å². The van der Waals surface area contributed by atoms with Gasteiger partial charge in [0.15, 0.2) is 0 Å². The normalized spacial score (nSPS) is 16.4. The molecule has 58 valence electrons. The van der Waals surface area contributed by atoms with Crippen LogP contribution in [-0.4, -0.2) is 13.2 Å². The van der Waals surface area contributed by atoms with Gasteiger partial charge in [-0.25, -0.2) is 9.78 Å². The summed E-state index contributed by atoms with van der Waals surface area (Å²) in [5, 5.41) is 11.7. The van der Waals surface area contributed by atoms with Crippen LogP contribution in [0, 0.1) is 11.3 Å². The summed E-state index contributed by atoms with van der Waals surface area (Å²) < 4.78 is 0. The van der Waals surface area contributed by atoms with Crippen LogP contribution in [0.15, 0.2) is 0 Å². The Labute approximate surface area is 60.2 Å². The Morgan fingerprint density at radius 1 is 1.40 bits per heavy atom. The van der Waals surface area contributed by atoms with E-state index in [1.807, 2.05) is 13.0 Å². The third-order valence-electron chi connectivity index (χ3n) is 0.710. The van der Waals surface area contributed by atoms with Crippen molar-refractivity contribution in [3.05, 3.63) is 0 Å². The number of hydrogen-bond donors (Lipinski definition) is 0. The fourth-order valence-corrected chi connectivity index (χ4v) is 0.279. The number of rotatable bonds is 0. The summed E-state index contributed by atoms with van der Waals surface area (Å²) >= 11 is 0. The van der Waals surface area contributed by atoms with Crippen molar-refractivity contribution in [2.75, 3.05) is 13.2 Å². The maximum Gasteiger partial charge on any atom is 0.0877 e. The molecule has 1 rings (SSSR count). The lowest BCUT2D eigenvalue weighted by Crippen LogP contribution is -2.08. The summed E-state index contributed by atoms with van der Waals surface area (Å²) in [4.78, 5) is 8.69. The first-order valence-corrected chi connectivity index (χ1v) is 3.19. The van der Waals surface area contributed by atoms with Gasteiger partial charge < -0.3 is 0 Å². The summed E-state index contributed by atoms with van der Waals surface area (Å²) in [5.41, 5.74) is 0. The van der Waals surface area contributed by atoms with E-state index in [1.165, 1.54) is 0 Å². The molecule has 0 bridgehead atoms. The first kappa shape index (κ1) is 9.37. The zero-order valence-electron chi connectivity index (χ0n) is 6.00. The third-order valence-corrected chi connectivity index (χ3v) is 0.710. The second-order valence-corrected chi connectivity index (χ2v) is 1.58. The van der Waals surface area contributed by atoms with Crippen LogP contribution in [0.1, 0.15) is 19.8 Å². The monoisotopic (exact) mass is 145 g/mol. The zero-order valence-corrected chi connectivity index (χ0v) is 6.00. The Kier molecular flexibility index (Phi) is 7.84. The third kappa shape index (κ3) is 7.37. The average molecular weight is 145 g/mol. The maximum absolute atomic E-state index is 7.62. The number of nitriles is 1. The molecular weight excluding hydrogens is 134 g/mol. The zero-order chi connectivity index (χ0) is 7.66. The Morgan fingerprint density at radius 2 is 1.90 bits per heavy atom. The van der Waals surface area contributed by atoms with Gasteiger partial charge in [0.2, 0.25) is 0 Å². The Bertz CT molecular complexity index is 84.1. The topological polar surface area (TPSA) is 51.5 Å². The highest BCUT2D eigenvalue weighted by atomic mass is 17.5. The molecule has 0 amide bonds. The van der Waals surface area contributed by atoms with Gasteiger partial charge in [0.1, 0.15) is 0 Å². The van der Waals surface area contributed by atoms with E-state index in [0.29, 0.717) is 19.6 Å². The molecule has 1 fully saturated rings. The smallest absolute Gasteiger partial charge is 0.0877 e. The van der Waals surface area contributed by atoms with Crippen molar-refractivity contribution in [3.8, 4) is 6.07 Å². The van der Waals surface area contributed by atoms with Crippen molar-refractivity contribution >= 4 is 0 Å². The van der Waals surface area contributed by atoms with Crippen LogP contribution in [0.4, 0.5) is 0 Å². The molecule has 0 aromatic heterocycles.